The number of hydrogen-bond acceptors (Lipinski definition) is 3. The van der Waals surface area contributed by atoms with Crippen molar-refractivity contribution < 1.29 is 14.3 Å². The van der Waals surface area contributed by atoms with Crippen molar-refractivity contribution in [2.45, 2.75) is 13.0 Å². The highest BCUT2D eigenvalue weighted by molar-refractivity contribution is 9.10. The lowest BCUT2D eigenvalue weighted by atomic mass is 10.3. The molecule has 0 aliphatic carbocycles. The van der Waals surface area contributed by atoms with Gasteiger partial charge in [-0.2, -0.15) is 0 Å². The third-order valence-electron chi connectivity index (χ3n) is 2.31. The molecule has 0 bridgehead atoms. The summed E-state index contributed by atoms with van der Waals surface area (Å²) in [5, 5.41) is 0.559. The normalized spacial score (nSPS) is 11.8. The molecular weight excluding hydrogens is 336 g/mol. The van der Waals surface area contributed by atoms with Gasteiger partial charge in [-0.05, 0) is 41.1 Å². The summed E-state index contributed by atoms with van der Waals surface area (Å²) in [4.78, 5) is 23.9. The standard InChI is InChI=1S/C12H14BrClN2O3/c1-7(12(18)16(2)6-11(15)17)19-10-4-3-8(14)5-9(10)13/h3-5,7H,6H2,1-2H3,(H2,15,17)/t7-/m0/s1. The van der Waals surface area contributed by atoms with Crippen LogP contribution in [0.4, 0.5) is 0 Å². The average molecular weight is 350 g/mol. The first kappa shape index (κ1) is 15.8. The number of amides is 2. The second-order valence-electron chi connectivity index (χ2n) is 4.00. The molecule has 104 valence electrons. The summed E-state index contributed by atoms with van der Waals surface area (Å²) in [5.74, 6) is -0.408. The van der Waals surface area contributed by atoms with Gasteiger partial charge in [0.05, 0.1) is 11.0 Å². The molecule has 0 fully saturated rings. The van der Waals surface area contributed by atoms with E-state index >= 15 is 0 Å². The number of hydrogen-bond donors (Lipinski definition) is 1. The smallest absolute Gasteiger partial charge is 0.263 e. The Hall–Kier alpha value is -1.27. The monoisotopic (exact) mass is 348 g/mol. The molecule has 1 atom stereocenters. The Morgan fingerprint density at radius 3 is 2.68 bits per heavy atom. The summed E-state index contributed by atoms with van der Waals surface area (Å²) >= 11 is 9.11. The van der Waals surface area contributed by atoms with Gasteiger partial charge in [-0.15, -0.1) is 0 Å². The van der Waals surface area contributed by atoms with Crippen LogP contribution >= 0.6 is 27.5 Å². The molecule has 0 aromatic heterocycles. The van der Waals surface area contributed by atoms with E-state index in [0.717, 1.165) is 0 Å². The Bertz CT molecular complexity index is 496. The highest BCUT2D eigenvalue weighted by Crippen LogP contribution is 2.28. The van der Waals surface area contributed by atoms with Gasteiger partial charge in [0.2, 0.25) is 5.91 Å². The number of carbonyl (C=O) groups excluding carboxylic acids is 2. The fourth-order valence-corrected chi connectivity index (χ4v) is 2.21. The van der Waals surface area contributed by atoms with Crippen LogP contribution in [0, 0.1) is 0 Å². The zero-order valence-electron chi connectivity index (χ0n) is 10.5. The lowest BCUT2D eigenvalue weighted by Crippen LogP contribution is -2.42. The van der Waals surface area contributed by atoms with Crippen LogP contribution < -0.4 is 10.5 Å². The summed E-state index contributed by atoms with van der Waals surface area (Å²) in [5.41, 5.74) is 5.03. The Labute approximate surface area is 124 Å². The molecule has 5 nitrogen and oxygen atoms in total. The van der Waals surface area contributed by atoms with Gasteiger partial charge in [-0.1, -0.05) is 11.6 Å². The molecule has 0 aliphatic rings. The van der Waals surface area contributed by atoms with Gasteiger partial charge in [-0.3, -0.25) is 9.59 Å². The Balaban J connectivity index is 2.70. The topological polar surface area (TPSA) is 72.6 Å². The van der Waals surface area contributed by atoms with Gasteiger partial charge in [0.15, 0.2) is 6.10 Å². The first-order valence-electron chi connectivity index (χ1n) is 5.46. The van der Waals surface area contributed by atoms with E-state index in [2.05, 4.69) is 15.9 Å². The summed E-state index contributed by atoms with van der Waals surface area (Å²) < 4.78 is 6.17. The summed E-state index contributed by atoms with van der Waals surface area (Å²) in [6, 6.07) is 4.98. The maximum Gasteiger partial charge on any atom is 0.263 e. The number of ether oxygens (including phenoxy) is 1. The first-order valence-corrected chi connectivity index (χ1v) is 6.63. The van der Waals surface area contributed by atoms with Crippen LogP contribution in [-0.4, -0.2) is 36.4 Å². The third kappa shape index (κ3) is 4.72. The van der Waals surface area contributed by atoms with Crippen LogP contribution in [-0.2, 0) is 9.59 Å². The van der Waals surface area contributed by atoms with E-state index in [1.54, 1.807) is 25.1 Å². The van der Waals surface area contributed by atoms with E-state index < -0.39 is 12.0 Å². The average Bonchev–Trinajstić information content (AvgIpc) is 2.30. The van der Waals surface area contributed by atoms with Crippen LogP contribution in [0.3, 0.4) is 0 Å². The molecule has 0 unspecified atom stereocenters. The predicted octanol–water partition coefficient (Wildman–Crippen LogP) is 1.81. The molecule has 19 heavy (non-hydrogen) atoms. The minimum atomic E-state index is -0.734. The molecule has 0 saturated carbocycles. The maximum atomic E-state index is 11.9. The van der Waals surface area contributed by atoms with Crippen LogP contribution in [0.2, 0.25) is 5.02 Å². The SMILES string of the molecule is C[C@H](Oc1ccc(Cl)cc1Br)C(=O)N(C)CC(N)=O. The van der Waals surface area contributed by atoms with Crippen molar-refractivity contribution in [3.05, 3.63) is 27.7 Å². The predicted molar refractivity (Wildman–Crippen MR) is 76.1 cm³/mol. The van der Waals surface area contributed by atoms with Gasteiger partial charge >= 0.3 is 0 Å². The molecular formula is C12H14BrClN2O3. The highest BCUT2D eigenvalue weighted by atomic mass is 79.9. The van der Waals surface area contributed by atoms with Gasteiger partial charge < -0.3 is 15.4 Å². The number of nitrogens with two attached hydrogens (primary N) is 1. The lowest BCUT2D eigenvalue weighted by Gasteiger charge is -2.21. The van der Waals surface area contributed by atoms with Gasteiger partial charge in [0.25, 0.3) is 5.91 Å². The van der Waals surface area contributed by atoms with Crippen molar-refractivity contribution in [1.29, 1.82) is 0 Å². The molecule has 0 spiro atoms. The van der Waals surface area contributed by atoms with Gasteiger partial charge in [0, 0.05) is 12.1 Å². The molecule has 7 heteroatoms. The Morgan fingerprint density at radius 2 is 2.16 bits per heavy atom. The zero-order chi connectivity index (χ0) is 14.6. The number of primary amides is 1. The van der Waals surface area contributed by atoms with E-state index in [4.69, 9.17) is 22.1 Å². The van der Waals surface area contributed by atoms with Crippen molar-refractivity contribution in [2.75, 3.05) is 13.6 Å². The molecule has 1 aromatic rings. The number of likely N-dealkylation sites (N-methyl/N-ethyl adjacent to an activating group) is 1. The minimum absolute atomic E-state index is 0.145. The summed E-state index contributed by atoms with van der Waals surface area (Å²) in [6.45, 7) is 1.45. The second kappa shape index (κ2) is 6.77. The number of rotatable bonds is 5. The minimum Gasteiger partial charge on any atom is -0.480 e. The molecule has 1 rings (SSSR count). The van der Waals surface area contributed by atoms with Gasteiger partial charge in [-0.25, -0.2) is 0 Å². The maximum absolute atomic E-state index is 11.9. The van der Waals surface area contributed by atoms with E-state index in [-0.39, 0.29) is 12.5 Å². The molecule has 1 aromatic carbocycles. The van der Waals surface area contributed by atoms with Crippen LogP contribution in [0.15, 0.2) is 22.7 Å². The van der Waals surface area contributed by atoms with Crippen molar-refractivity contribution in [3.63, 3.8) is 0 Å². The highest BCUT2D eigenvalue weighted by Gasteiger charge is 2.21. The summed E-state index contributed by atoms with van der Waals surface area (Å²) in [6.07, 6.45) is -0.734. The van der Waals surface area contributed by atoms with Crippen molar-refractivity contribution in [2.24, 2.45) is 5.73 Å². The number of carbonyl (C=O) groups is 2. The molecule has 2 N–H and O–H groups in total. The summed E-state index contributed by atoms with van der Waals surface area (Å²) in [7, 11) is 1.49. The first-order chi connectivity index (χ1) is 8.81. The molecule has 0 saturated heterocycles. The molecule has 0 heterocycles. The number of halogens is 2. The number of benzene rings is 1. The van der Waals surface area contributed by atoms with Crippen molar-refractivity contribution >= 4 is 39.3 Å². The molecule has 0 radical (unpaired) electrons. The van der Waals surface area contributed by atoms with Crippen molar-refractivity contribution in [3.8, 4) is 5.75 Å². The van der Waals surface area contributed by atoms with Crippen LogP contribution in [0.1, 0.15) is 6.92 Å². The number of nitrogens with zero attached hydrogens (tertiary/aromatic N) is 1. The lowest BCUT2D eigenvalue weighted by molar-refractivity contribution is -0.139. The fourth-order valence-electron chi connectivity index (χ4n) is 1.43. The Kier molecular flexibility index (Phi) is 5.62. The van der Waals surface area contributed by atoms with E-state index in [0.29, 0.717) is 15.2 Å². The van der Waals surface area contributed by atoms with E-state index in [1.165, 1.54) is 11.9 Å². The van der Waals surface area contributed by atoms with Gasteiger partial charge in [0.1, 0.15) is 5.75 Å². The third-order valence-corrected chi connectivity index (χ3v) is 3.17. The van der Waals surface area contributed by atoms with Crippen LogP contribution in [0.25, 0.3) is 0 Å². The second-order valence-corrected chi connectivity index (χ2v) is 5.29. The Morgan fingerprint density at radius 1 is 1.53 bits per heavy atom. The van der Waals surface area contributed by atoms with E-state index in [9.17, 15) is 9.59 Å². The quantitative estimate of drug-likeness (QED) is 0.881. The van der Waals surface area contributed by atoms with Crippen LogP contribution in [0.5, 0.6) is 5.75 Å². The van der Waals surface area contributed by atoms with Crippen molar-refractivity contribution in [1.82, 2.24) is 4.90 Å². The molecule has 2 amide bonds. The largest absolute Gasteiger partial charge is 0.480 e. The van der Waals surface area contributed by atoms with E-state index in [1.807, 2.05) is 0 Å². The zero-order valence-corrected chi connectivity index (χ0v) is 12.9. The molecule has 0 aliphatic heterocycles. The fraction of sp³-hybridized carbons (Fsp3) is 0.333.